The summed E-state index contributed by atoms with van der Waals surface area (Å²) < 4.78 is 34.1. The summed E-state index contributed by atoms with van der Waals surface area (Å²) in [6.07, 6.45) is 0.815. The molecule has 5 nitrogen and oxygen atoms in total. The van der Waals surface area contributed by atoms with Crippen LogP contribution in [0.15, 0.2) is 29.3 Å². The largest absolute Gasteiger partial charge is 0.434 e. The van der Waals surface area contributed by atoms with Gasteiger partial charge >= 0.3 is 6.61 Å². The summed E-state index contributed by atoms with van der Waals surface area (Å²) in [6.45, 7) is 1.23. The minimum Gasteiger partial charge on any atom is -0.434 e. The number of guanidine groups is 1. The molecule has 0 aromatic heterocycles. The summed E-state index contributed by atoms with van der Waals surface area (Å²) in [7, 11) is 0. The van der Waals surface area contributed by atoms with E-state index < -0.39 is 6.61 Å². The second-order valence-electron chi connectivity index (χ2n) is 4.16. The number of para-hydroxylation sites is 1. The van der Waals surface area contributed by atoms with Gasteiger partial charge in [-0.3, -0.25) is 0 Å². The molecule has 22 heavy (non-hydrogen) atoms. The zero-order chi connectivity index (χ0) is 15.5. The van der Waals surface area contributed by atoms with Crippen LogP contribution in [0.3, 0.4) is 0 Å². The monoisotopic (exact) mass is 429 g/mol. The van der Waals surface area contributed by atoms with Crippen molar-refractivity contribution in [2.75, 3.05) is 19.8 Å². The molecule has 0 saturated carbocycles. The van der Waals surface area contributed by atoms with Crippen molar-refractivity contribution < 1.29 is 18.3 Å². The fourth-order valence-electron chi connectivity index (χ4n) is 1.61. The van der Waals surface area contributed by atoms with E-state index in [-0.39, 0.29) is 42.2 Å². The third kappa shape index (κ3) is 8.98. The van der Waals surface area contributed by atoms with Crippen molar-refractivity contribution in [2.24, 2.45) is 10.7 Å². The standard InChI is InChI=1S/C14H21F2N3O2.HI/c1-2-20-9-5-8-18-14(17)19-10-11-6-3-4-7-12(11)21-13(15)16;/h3-4,6-7,13H,2,5,8-10H2,1H3,(H3,17,18,19);1H. The molecule has 0 unspecified atom stereocenters. The smallest absolute Gasteiger partial charge is 0.387 e. The first-order chi connectivity index (χ1) is 10.1. The molecule has 0 atom stereocenters. The lowest BCUT2D eigenvalue weighted by atomic mass is 10.2. The summed E-state index contributed by atoms with van der Waals surface area (Å²) in [5.74, 6) is 0.374. The molecule has 0 amide bonds. The third-order valence-electron chi connectivity index (χ3n) is 2.58. The maximum absolute atomic E-state index is 12.3. The maximum Gasteiger partial charge on any atom is 0.387 e. The van der Waals surface area contributed by atoms with Crippen LogP contribution in [0.1, 0.15) is 18.9 Å². The van der Waals surface area contributed by atoms with Crippen LogP contribution >= 0.6 is 24.0 Å². The van der Waals surface area contributed by atoms with E-state index in [1.165, 1.54) is 6.07 Å². The summed E-state index contributed by atoms with van der Waals surface area (Å²) in [4.78, 5) is 4.10. The molecule has 1 rings (SSSR count). The van der Waals surface area contributed by atoms with Gasteiger partial charge in [0.15, 0.2) is 5.96 Å². The van der Waals surface area contributed by atoms with Crippen LogP contribution in [0, 0.1) is 0 Å². The molecule has 0 saturated heterocycles. The van der Waals surface area contributed by atoms with Crippen molar-refractivity contribution in [3.63, 3.8) is 0 Å². The molecule has 0 heterocycles. The lowest BCUT2D eigenvalue weighted by molar-refractivity contribution is -0.0504. The van der Waals surface area contributed by atoms with Gasteiger partial charge in [-0.2, -0.15) is 8.78 Å². The highest BCUT2D eigenvalue weighted by Gasteiger charge is 2.08. The second kappa shape index (κ2) is 12.4. The average Bonchev–Trinajstić information content (AvgIpc) is 2.45. The first kappa shape index (κ1) is 20.8. The van der Waals surface area contributed by atoms with E-state index in [2.05, 4.69) is 15.0 Å². The number of alkyl halides is 2. The molecule has 0 bridgehead atoms. The minimum atomic E-state index is -2.86. The van der Waals surface area contributed by atoms with E-state index in [9.17, 15) is 8.78 Å². The van der Waals surface area contributed by atoms with Gasteiger partial charge in [-0.1, -0.05) is 18.2 Å². The molecular weight excluding hydrogens is 407 g/mol. The summed E-state index contributed by atoms with van der Waals surface area (Å²) in [5, 5.41) is 2.93. The number of halogens is 3. The lowest BCUT2D eigenvalue weighted by Crippen LogP contribution is -2.32. The summed E-state index contributed by atoms with van der Waals surface area (Å²) in [6, 6.07) is 6.50. The highest BCUT2D eigenvalue weighted by atomic mass is 127. The Balaban J connectivity index is 0.00000441. The van der Waals surface area contributed by atoms with E-state index in [4.69, 9.17) is 10.5 Å². The quantitative estimate of drug-likeness (QED) is 0.274. The van der Waals surface area contributed by atoms with E-state index >= 15 is 0 Å². The van der Waals surface area contributed by atoms with Crippen molar-refractivity contribution in [1.82, 2.24) is 5.32 Å². The van der Waals surface area contributed by atoms with E-state index in [1.807, 2.05) is 6.92 Å². The van der Waals surface area contributed by atoms with Crippen molar-refractivity contribution in [1.29, 1.82) is 0 Å². The molecule has 1 aromatic rings. The van der Waals surface area contributed by atoms with Crippen molar-refractivity contribution in [3.8, 4) is 5.75 Å². The Labute approximate surface area is 146 Å². The Bertz CT molecular complexity index is 448. The van der Waals surface area contributed by atoms with Crippen LogP contribution < -0.4 is 15.8 Å². The molecule has 8 heteroatoms. The van der Waals surface area contributed by atoms with E-state index in [0.717, 1.165) is 6.42 Å². The first-order valence-electron chi connectivity index (χ1n) is 6.77. The van der Waals surface area contributed by atoms with Crippen LogP contribution in [0.5, 0.6) is 5.75 Å². The highest BCUT2D eigenvalue weighted by Crippen LogP contribution is 2.20. The fourth-order valence-corrected chi connectivity index (χ4v) is 1.61. The molecule has 0 fully saturated rings. The Hall–Kier alpha value is -1.16. The Morgan fingerprint density at radius 3 is 2.77 bits per heavy atom. The predicted molar refractivity (Wildman–Crippen MR) is 92.9 cm³/mol. The SMILES string of the molecule is CCOCCCNC(N)=NCc1ccccc1OC(F)F.I. The zero-order valence-corrected chi connectivity index (χ0v) is 14.8. The van der Waals surface area contributed by atoms with Gasteiger partial charge in [-0.25, -0.2) is 4.99 Å². The number of nitrogens with zero attached hydrogens (tertiary/aromatic N) is 1. The van der Waals surface area contributed by atoms with Gasteiger partial charge < -0.3 is 20.5 Å². The minimum absolute atomic E-state index is 0. The zero-order valence-electron chi connectivity index (χ0n) is 12.4. The van der Waals surface area contributed by atoms with Crippen LogP contribution in [0.25, 0.3) is 0 Å². The maximum atomic E-state index is 12.3. The molecule has 3 N–H and O–H groups in total. The summed E-state index contributed by atoms with van der Waals surface area (Å²) in [5.41, 5.74) is 6.25. The molecule has 1 aromatic carbocycles. The highest BCUT2D eigenvalue weighted by molar-refractivity contribution is 14.0. The predicted octanol–water partition coefficient (Wildman–Crippen LogP) is 2.74. The van der Waals surface area contributed by atoms with Crippen LogP contribution in [-0.2, 0) is 11.3 Å². The number of aliphatic imine (C=N–C) groups is 1. The molecule has 0 radical (unpaired) electrons. The summed E-state index contributed by atoms with van der Waals surface area (Å²) >= 11 is 0. The average molecular weight is 429 g/mol. The van der Waals surface area contributed by atoms with Crippen molar-refractivity contribution in [3.05, 3.63) is 29.8 Å². The third-order valence-corrected chi connectivity index (χ3v) is 2.58. The van der Waals surface area contributed by atoms with Crippen LogP contribution in [0.2, 0.25) is 0 Å². The van der Waals surface area contributed by atoms with Gasteiger partial charge in [-0.15, -0.1) is 24.0 Å². The number of benzene rings is 1. The van der Waals surface area contributed by atoms with Gasteiger partial charge in [0, 0.05) is 25.3 Å². The molecule has 0 spiro atoms. The lowest BCUT2D eigenvalue weighted by Gasteiger charge is -2.09. The second-order valence-corrected chi connectivity index (χ2v) is 4.16. The van der Waals surface area contributed by atoms with Gasteiger partial charge in [0.2, 0.25) is 0 Å². The molecule has 126 valence electrons. The van der Waals surface area contributed by atoms with E-state index in [1.54, 1.807) is 18.2 Å². The number of rotatable bonds is 9. The van der Waals surface area contributed by atoms with Crippen molar-refractivity contribution >= 4 is 29.9 Å². The molecule has 0 aliphatic carbocycles. The normalized spacial score (nSPS) is 11.2. The van der Waals surface area contributed by atoms with Crippen molar-refractivity contribution in [2.45, 2.75) is 26.5 Å². The van der Waals surface area contributed by atoms with Gasteiger partial charge in [0.1, 0.15) is 5.75 Å². The number of ether oxygens (including phenoxy) is 2. The topological polar surface area (TPSA) is 68.9 Å². The number of nitrogens with two attached hydrogens (primary N) is 1. The van der Waals surface area contributed by atoms with Crippen LogP contribution in [-0.4, -0.2) is 32.3 Å². The number of nitrogens with one attached hydrogen (secondary N) is 1. The Morgan fingerprint density at radius 2 is 2.09 bits per heavy atom. The first-order valence-corrected chi connectivity index (χ1v) is 6.77. The number of hydrogen-bond donors (Lipinski definition) is 2. The van der Waals surface area contributed by atoms with Gasteiger partial charge in [0.25, 0.3) is 0 Å². The molecular formula is C14H22F2IN3O2. The van der Waals surface area contributed by atoms with Gasteiger partial charge in [0.05, 0.1) is 6.54 Å². The van der Waals surface area contributed by atoms with E-state index in [0.29, 0.717) is 25.3 Å². The van der Waals surface area contributed by atoms with Gasteiger partial charge in [-0.05, 0) is 19.4 Å². The van der Waals surface area contributed by atoms with Crippen LogP contribution in [0.4, 0.5) is 8.78 Å². The number of hydrogen-bond acceptors (Lipinski definition) is 3. The fraction of sp³-hybridized carbons (Fsp3) is 0.500. The Kier molecular flexibility index (Phi) is 11.7. The molecule has 0 aliphatic rings. The molecule has 0 aliphatic heterocycles. The Morgan fingerprint density at radius 1 is 1.36 bits per heavy atom.